The Labute approximate surface area is 158 Å². The van der Waals surface area contributed by atoms with Crippen LogP contribution in [0.4, 0.5) is 8.78 Å². The van der Waals surface area contributed by atoms with Crippen LogP contribution in [0, 0.1) is 17.0 Å². The molecule has 2 saturated heterocycles. The molecular formula is C20H27F2N3O2. The van der Waals surface area contributed by atoms with E-state index >= 15 is 0 Å². The minimum absolute atomic E-state index is 0.0662. The number of amides is 2. The molecular weight excluding hydrogens is 352 g/mol. The lowest BCUT2D eigenvalue weighted by molar-refractivity contribution is -0.146. The number of carbonyl (C=O) groups is 2. The van der Waals surface area contributed by atoms with E-state index in [1.807, 2.05) is 6.92 Å². The van der Waals surface area contributed by atoms with Gasteiger partial charge >= 0.3 is 0 Å². The highest BCUT2D eigenvalue weighted by Crippen LogP contribution is 2.40. The van der Waals surface area contributed by atoms with Crippen molar-refractivity contribution < 1.29 is 18.4 Å². The lowest BCUT2D eigenvalue weighted by Crippen LogP contribution is -2.50. The highest BCUT2D eigenvalue weighted by molar-refractivity contribution is 5.84. The summed E-state index contributed by atoms with van der Waals surface area (Å²) in [5.74, 6) is -1.64. The van der Waals surface area contributed by atoms with E-state index in [0.717, 1.165) is 37.9 Å². The first kappa shape index (κ1) is 19.7. The van der Waals surface area contributed by atoms with Crippen LogP contribution < -0.4 is 0 Å². The zero-order chi connectivity index (χ0) is 19.6. The minimum Gasteiger partial charge on any atom is -0.345 e. The predicted molar refractivity (Wildman–Crippen MR) is 97.8 cm³/mol. The van der Waals surface area contributed by atoms with Crippen LogP contribution in [-0.4, -0.2) is 66.3 Å². The number of halogens is 2. The summed E-state index contributed by atoms with van der Waals surface area (Å²) >= 11 is 0. The van der Waals surface area contributed by atoms with E-state index in [1.54, 1.807) is 16.8 Å². The monoisotopic (exact) mass is 379 g/mol. The molecule has 1 unspecified atom stereocenters. The summed E-state index contributed by atoms with van der Waals surface area (Å²) in [6, 6.07) is 3.78. The average Bonchev–Trinajstić information content (AvgIpc) is 3.05. The molecule has 2 heterocycles. The number of carbonyl (C=O) groups excluding carboxylic acids is 2. The molecule has 1 atom stereocenters. The Balaban J connectivity index is 1.66. The third kappa shape index (κ3) is 4.13. The van der Waals surface area contributed by atoms with Gasteiger partial charge in [0, 0.05) is 33.2 Å². The van der Waals surface area contributed by atoms with E-state index < -0.39 is 17.0 Å². The van der Waals surface area contributed by atoms with Gasteiger partial charge in [-0.2, -0.15) is 0 Å². The van der Waals surface area contributed by atoms with Gasteiger partial charge in [-0.15, -0.1) is 0 Å². The summed E-state index contributed by atoms with van der Waals surface area (Å²) in [4.78, 5) is 30.8. The number of likely N-dealkylation sites (tertiary alicyclic amines) is 2. The Morgan fingerprint density at radius 1 is 1.22 bits per heavy atom. The highest BCUT2D eigenvalue weighted by Gasteiger charge is 2.48. The molecule has 0 aliphatic carbocycles. The molecule has 1 aromatic carbocycles. The lowest BCUT2D eigenvalue weighted by atomic mass is 9.78. The summed E-state index contributed by atoms with van der Waals surface area (Å²) in [5.41, 5.74) is 0.135. The van der Waals surface area contributed by atoms with Crippen molar-refractivity contribution in [1.29, 1.82) is 0 Å². The third-order valence-corrected chi connectivity index (χ3v) is 5.87. The molecule has 0 N–H and O–H groups in total. The van der Waals surface area contributed by atoms with E-state index in [2.05, 4.69) is 4.90 Å². The Kier molecular flexibility index (Phi) is 5.79. The van der Waals surface area contributed by atoms with E-state index in [1.165, 1.54) is 6.07 Å². The normalized spacial score (nSPS) is 23.3. The van der Waals surface area contributed by atoms with Crippen LogP contribution in [0.2, 0.25) is 0 Å². The zero-order valence-electron chi connectivity index (χ0n) is 16.0. The van der Waals surface area contributed by atoms with E-state index in [4.69, 9.17) is 0 Å². The van der Waals surface area contributed by atoms with Gasteiger partial charge in [-0.1, -0.05) is 6.07 Å². The second kappa shape index (κ2) is 7.92. The molecule has 2 fully saturated rings. The fraction of sp³-hybridized carbons (Fsp3) is 0.600. The van der Waals surface area contributed by atoms with Crippen molar-refractivity contribution in [2.75, 3.05) is 39.8 Å². The van der Waals surface area contributed by atoms with Crippen molar-refractivity contribution in [2.45, 2.75) is 32.7 Å². The molecule has 0 radical (unpaired) electrons. The number of piperidine rings is 1. The third-order valence-electron chi connectivity index (χ3n) is 5.87. The van der Waals surface area contributed by atoms with Gasteiger partial charge in [0.2, 0.25) is 11.8 Å². The minimum atomic E-state index is -0.891. The molecule has 1 spiro atoms. The average molecular weight is 379 g/mol. The summed E-state index contributed by atoms with van der Waals surface area (Å²) in [6.07, 6.45) is 2.43. The van der Waals surface area contributed by atoms with E-state index in [0.29, 0.717) is 31.7 Å². The Bertz CT molecular complexity index is 727. The highest BCUT2D eigenvalue weighted by atomic mass is 19.2. The van der Waals surface area contributed by atoms with Gasteiger partial charge in [0.05, 0.1) is 12.0 Å². The van der Waals surface area contributed by atoms with Crippen LogP contribution in [0.3, 0.4) is 0 Å². The molecule has 3 rings (SSSR count). The van der Waals surface area contributed by atoms with Crippen LogP contribution in [0.5, 0.6) is 0 Å². The molecule has 0 aromatic heterocycles. The number of hydrogen-bond donors (Lipinski definition) is 0. The van der Waals surface area contributed by atoms with Crippen molar-refractivity contribution in [3.05, 3.63) is 35.4 Å². The van der Waals surface area contributed by atoms with Crippen LogP contribution in [-0.2, 0) is 16.1 Å². The van der Waals surface area contributed by atoms with Crippen molar-refractivity contribution in [3.8, 4) is 0 Å². The summed E-state index contributed by atoms with van der Waals surface area (Å²) in [7, 11) is 1.78. The quantitative estimate of drug-likeness (QED) is 0.788. The maximum Gasteiger partial charge on any atom is 0.236 e. The molecule has 148 valence electrons. The maximum absolute atomic E-state index is 13.5. The van der Waals surface area contributed by atoms with Gasteiger partial charge in [0.25, 0.3) is 0 Å². The van der Waals surface area contributed by atoms with Gasteiger partial charge in [-0.25, -0.2) is 8.78 Å². The number of rotatable bonds is 5. The fourth-order valence-electron chi connectivity index (χ4n) is 4.12. The summed E-state index contributed by atoms with van der Waals surface area (Å²) in [6.45, 7) is 5.16. The first-order valence-electron chi connectivity index (χ1n) is 9.54. The van der Waals surface area contributed by atoms with Crippen molar-refractivity contribution in [1.82, 2.24) is 14.7 Å². The van der Waals surface area contributed by atoms with E-state index in [9.17, 15) is 18.4 Å². The number of hydrogen-bond acceptors (Lipinski definition) is 3. The predicted octanol–water partition coefficient (Wildman–Crippen LogP) is 2.26. The van der Waals surface area contributed by atoms with Gasteiger partial charge in [0.15, 0.2) is 11.6 Å². The zero-order valence-corrected chi connectivity index (χ0v) is 16.0. The Hall–Kier alpha value is -2.02. The topological polar surface area (TPSA) is 43.9 Å². The smallest absolute Gasteiger partial charge is 0.236 e. The standard InChI is InChI=1S/C20H27F2N3O2/c1-3-23(2)18(26)13-24-10-8-20(14-24)7-4-9-25(19(20)27)12-15-5-6-16(21)17(22)11-15/h5-6,11H,3-4,7-10,12-14H2,1-2H3. The van der Waals surface area contributed by atoms with Crippen LogP contribution in [0.25, 0.3) is 0 Å². The molecule has 2 aliphatic rings. The molecule has 2 amide bonds. The van der Waals surface area contributed by atoms with Crippen molar-refractivity contribution >= 4 is 11.8 Å². The Morgan fingerprint density at radius 2 is 2.00 bits per heavy atom. The van der Waals surface area contributed by atoms with E-state index in [-0.39, 0.29) is 18.4 Å². The first-order valence-corrected chi connectivity index (χ1v) is 9.54. The number of benzene rings is 1. The summed E-state index contributed by atoms with van der Waals surface area (Å²) < 4.78 is 26.6. The largest absolute Gasteiger partial charge is 0.345 e. The van der Waals surface area contributed by atoms with Gasteiger partial charge < -0.3 is 9.80 Å². The van der Waals surface area contributed by atoms with Gasteiger partial charge in [0.1, 0.15) is 0 Å². The maximum atomic E-state index is 13.5. The second-order valence-corrected chi connectivity index (χ2v) is 7.73. The van der Waals surface area contributed by atoms with Crippen molar-refractivity contribution in [2.24, 2.45) is 5.41 Å². The second-order valence-electron chi connectivity index (χ2n) is 7.73. The molecule has 0 bridgehead atoms. The molecule has 2 aliphatic heterocycles. The van der Waals surface area contributed by atoms with Gasteiger partial charge in [-0.3, -0.25) is 14.5 Å². The lowest BCUT2D eigenvalue weighted by Gasteiger charge is -2.39. The molecule has 27 heavy (non-hydrogen) atoms. The number of nitrogens with zero attached hydrogens (tertiary/aromatic N) is 3. The molecule has 5 nitrogen and oxygen atoms in total. The van der Waals surface area contributed by atoms with Crippen LogP contribution >= 0.6 is 0 Å². The summed E-state index contributed by atoms with van der Waals surface area (Å²) in [5, 5.41) is 0. The number of likely N-dealkylation sites (N-methyl/N-ethyl adjacent to an activating group) is 1. The Morgan fingerprint density at radius 3 is 2.70 bits per heavy atom. The van der Waals surface area contributed by atoms with Crippen LogP contribution in [0.15, 0.2) is 18.2 Å². The first-order chi connectivity index (χ1) is 12.8. The van der Waals surface area contributed by atoms with Crippen molar-refractivity contribution in [3.63, 3.8) is 0 Å². The SMILES string of the molecule is CCN(C)C(=O)CN1CCC2(CCCN(Cc3ccc(F)c(F)c3)C2=O)C1. The van der Waals surface area contributed by atoms with Crippen LogP contribution in [0.1, 0.15) is 31.7 Å². The molecule has 1 aromatic rings. The van der Waals surface area contributed by atoms with Gasteiger partial charge in [-0.05, 0) is 50.4 Å². The fourth-order valence-corrected chi connectivity index (χ4v) is 4.12. The molecule has 0 saturated carbocycles. The molecule has 7 heteroatoms.